The Morgan fingerprint density at radius 2 is 1.90 bits per heavy atom. The van der Waals surface area contributed by atoms with Crippen molar-refractivity contribution in [1.29, 1.82) is 0 Å². The Morgan fingerprint density at radius 1 is 1.06 bits per heavy atom. The summed E-state index contributed by atoms with van der Waals surface area (Å²) in [6, 6.07) is 7.63. The summed E-state index contributed by atoms with van der Waals surface area (Å²) in [4.78, 5) is 28.6. The lowest BCUT2D eigenvalue weighted by atomic mass is 9.98. The molecule has 1 amide bonds. The van der Waals surface area contributed by atoms with Crippen LogP contribution in [0, 0.1) is 0 Å². The number of hydrogen-bond donors (Lipinski definition) is 0. The van der Waals surface area contributed by atoms with Gasteiger partial charge in [-0.05, 0) is 62.8 Å². The van der Waals surface area contributed by atoms with Crippen LogP contribution >= 0.6 is 0 Å². The van der Waals surface area contributed by atoms with Crippen LogP contribution in [0.3, 0.4) is 0 Å². The van der Waals surface area contributed by atoms with E-state index < -0.39 is 0 Å². The Balaban J connectivity index is 1.33. The Bertz CT molecular complexity index is 1070. The van der Waals surface area contributed by atoms with Gasteiger partial charge in [-0.2, -0.15) is 15.0 Å². The summed E-state index contributed by atoms with van der Waals surface area (Å²) >= 11 is 0. The second-order valence-corrected chi connectivity index (χ2v) is 8.34. The van der Waals surface area contributed by atoms with Gasteiger partial charge in [-0.3, -0.25) is 4.79 Å². The van der Waals surface area contributed by atoms with Crippen molar-refractivity contribution in [3.63, 3.8) is 0 Å². The monoisotopic (exact) mass is 417 g/mol. The SMILES string of the molecule is C[C@@H]1CCN(c2ncc3c(n2)CCCC3)CCN1C(=O)c1cccc(-n2nccn2)c1. The van der Waals surface area contributed by atoms with Crippen LogP contribution < -0.4 is 4.90 Å². The van der Waals surface area contributed by atoms with Crippen LogP contribution in [-0.4, -0.2) is 61.4 Å². The molecule has 1 aliphatic carbocycles. The Morgan fingerprint density at radius 3 is 2.77 bits per heavy atom. The lowest BCUT2D eigenvalue weighted by molar-refractivity contribution is 0.0705. The quantitative estimate of drug-likeness (QED) is 0.652. The van der Waals surface area contributed by atoms with Crippen LogP contribution in [0.2, 0.25) is 0 Å². The number of fused-ring (bicyclic) bond motifs is 1. The molecule has 2 aromatic heterocycles. The van der Waals surface area contributed by atoms with Crippen LogP contribution in [0.25, 0.3) is 5.69 Å². The highest BCUT2D eigenvalue weighted by molar-refractivity contribution is 5.95. The van der Waals surface area contributed by atoms with E-state index in [9.17, 15) is 4.79 Å². The highest BCUT2D eigenvalue weighted by Crippen LogP contribution is 2.23. The number of carbonyl (C=O) groups is 1. The number of benzene rings is 1. The van der Waals surface area contributed by atoms with Crippen molar-refractivity contribution in [2.75, 3.05) is 24.5 Å². The molecule has 0 saturated carbocycles. The first kappa shape index (κ1) is 19.7. The van der Waals surface area contributed by atoms with Gasteiger partial charge in [0.15, 0.2) is 0 Å². The number of aromatic nitrogens is 5. The Labute approximate surface area is 181 Å². The smallest absolute Gasteiger partial charge is 0.254 e. The molecular weight excluding hydrogens is 390 g/mol. The van der Waals surface area contributed by atoms with Crippen molar-refractivity contribution in [1.82, 2.24) is 29.9 Å². The summed E-state index contributed by atoms with van der Waals surface area (Å²) in [6.45, 7) is 4.34. The first-order chi connectivity index (χ1) is 15.2. The normalized spacial score (nSPS) is 19.1. The number of rotatable bonds is 3. The maximum atomic E-state index is 13.3. The summed E-state index contributed by atoms with van der Waals surface area (Å²) < 4.78 is 0. The van der Waals surface area contributed by atoms with E-state index in [0.29, 0.717) is 12.1 Å². The first-order valence-corrected chi connectivity index (χ1v) is 11.1. The molecule has 3 aromatic rings. The number of aryl methyl sites for hydroxylation is 2. The van der Waals surface area contributed by atoms with Gasteiger partial charge in [0.25, 0.3) is 5.91 Å². The van der Waals surface area contributed by atoms with E-state index in [1.165, 1.54) is 28.9 Å². The van der Waals surface area contributed by atoms with E-state index in [1.807, 2.05) is 35.4 Å². The fourth-order valence-corrected chi connectivity index (χ4v) is 4.46. The van der Waals surface area contributed by atoms with E-state index in [0.717, 1.165) is 44.0 Å². The van der Waals surface area contributed by atoms with Gasteiger partial charge in [0.2, 0.25) is 5.95 Å². The van der Waals surface area contributed by atoms with E-state index in [-0.39, 0.29) is 11.9 Å². The zero-order chi connectivity index (χ0) is 21.2. The van der Waals surface area contributed by atoms with Gasteiger partial charge in [-0.25, -0.2) is 9.97 Å². The largest absolute Gasteiger partial charge is 0.339 e. The second kappa shape index (κ2) is 8.45. The zero-order valence-corrected chi connectivity index (χ0v) is 17.8. The molecule has 1 fully saturated rings. The molecule has 1 aromatic carbocycles. The number of anilines is 1. The Hall–Kier alpha value is -3.29. The molecule has 2 aliphatic rings. The number of amides is 1. The summed E-state index contributed by atoms with van der Waals surface area (Å²) in [7, 11) is 0. The van der Waals surface area contributed by atoms with Crippen LogP contribution in [0.5, 0.6) is 0 Å². The van der Waals surface area contributed by atoms with Crippen LogP contribution in [-0.2, 0) is 12.8 Å². The van der Waals surface area contributed by atoms with Gasteiger partial charge >= 0.3 is 0 Å². The van der Waals surface area contributed by atoms with Crippen LogP contribution in [0.4, 0.5) is 5.95 Å². The summed E-state index contributed by atoms with van der Waals surface area (Å²) in [5, 5.41) is 8.33. The van der Waals surface area contributed by atoms with Gasteiger partial charge in [0, 0.05) is 43.1 Å². The molecule has 5 rings (SSSR count). The minimum absolute atomic E-state index is 0.0368. The average molecular weight is 418 g/mol. The van der Waals surface area contributed by atoms with Crippen molar-refractivity contribution in [2.45, 2.75) is 45.1 Å². The number of hydrogen-bond acceptors (Lipinski definition) is 6. The van der Waals surface area contributed by atoms with Gasteiger partial charge in [0.1, 0.15) is 0 Å². The van der Waals surface area contributed by atoms with Gasteiger partial charge in [-0.1, -0.05) is 6.07 Å². The molecule has 8 heteroatoms. The minimum Gasteiger partial charge on any atom is -0.339 e. The molecule has 3 heterocycles. The molecule has 31 heavy (non-hydrogen) atoms. The highest BCUT2D eigenvalue weighted by Gasteiger charge is 2.27. The molecule has 0 N–H and O–H groups in total. The fraction of sp³-hybridized carbons (Fsp3) is 0.435. The molecule has 1 atom stereocenters. The second-order valence-electron chi connectivity index (χ2n) is 8.34. The third kappa shape index (κ3) is 4.02. The summed E-state index contributed by atoms with van der Waals surface area (Å²) in [5.41, 5.74) is 3.93. The maximum absolute atomic E-state index is 13.3. The third-order valence-electron chi connectivity index (χ3n) is 6.30. The van der Waals surface area contributed by atoms with E-state index in [1.54, 1.807) is 12.4 Å². The van der Waals surface area contributed by atoms with Crippen LogP contribution in [0.15, 0.2) is 42.9 Å². The van der Waals surface area contributed by atoms with Crippen molar-refractivity contribution in [3.05, 3.63) is 59.7 Å². The zero-order valence-electron chi connectivity index (χ0n) is 17.8. The lowest BCUT2D eigenvalue weighted by Crippen LogP contribution is -2.40. The first-order valence-electron chi connectivity index (χ1n) is 11.1. The van der Waals surface area contributed by atoms with E-state index in [2.05, 4.69) is 27.0 Å². The topological polar surface area (TPSA) is 80.0 Å². The van der Waals surface area contributed by atoms with Gasteiger partial charge < -0.3 is 9.80 Å². The van der Waals surface area contributed by atoms with E-state index >= 15 is 0 Å². The standard InChI is InChI=1S/C23H27N7O/c1-17-9-12-28(23-24-16-19-5-2-3-8-21(19)27-23)13-14-29(17)22(31)18-6-4-7-20(15-18)30-25-10-11-26-30/h4,6-7,10-11,15-17H,2-3,5,8-9,12-14H2,1H3/t17-/m1/s1. The fourth-order valence-electron chi connectivity index (χ4n) is 4.46. The number of carbonyl (C=O) groups excluding carboxylic acids is 1. The third-order valence-corrected chi connectivity index (χ3v) is 6.30. The molecule has 0 bridgehead atoms. The Kier molecular flexibility index (Phi) is 5.36. The summed E-state index contributed by atoms with van der Waals surface area (Å²) in [5.74, 6) is 0.837. The van der Waals surface area contributed by atoms with Gasteiger partial charge in [0.05, 0.1) is 18.1 Å². The molecular formula is C23H27N7O. The molecule has 8 nitrogen and oxygen atoms in total. The predicted octanol–water partition coefficient (Wildman–Crippen LogP) is 2.68. The highest BCUT2D eigenvalue weighted by atomic mass is 16.2. The molecule has 160 valence electrons. The van der Waals surface area contributed by atoms with Crippen LogP contribution in [0.1, 0.15) is 47.8 Å². The van der Waals surface area contributed by atoms with Crippen molar-refractivity contribution in [2.24, 2.45) is 0 Å². The molecule has 0 radical (unpaired) electrons. The van der Waals surface area contributed by atoms with E-state index in [4.69, 9.17) is 4.98 Å². The van der Waals surface area contributed by atoms with Crippen molar-refractivity contribution < 1.29 is 4.79 Å². The van der Waals surface area contributed by atoms with Crippen molar-refractivity contribution in [3.8, 4) is 5.69 Å². The van der Waals surface area contributed by atoms with Gasteiger partial charge in [-0.15, -0.1) is 0 Å². The molecule has 1 aliphatic heterocycles. The molecule has 1 saturated heterocycles. The molecule has 0 unspecified atom stereocenters. The maximum Gasteiger partial charge on any atom is 0.254 e. The minimum atomic E-state index is 0.0368. The molecule has 0 spiro atoms. The summed E-state index contributed by atoms with van der Waals surface area (Å²) in [6.07, 6.45) is 10.7. The van der Waals surface area contributed by atoms with Crippen molar-refractivity contribution >= 4 is 11.9 Å². The predicted molar refractivity (Wildman–Crippen MR) is 117 cm³/mol. The number of nitrogens with zero attached hydrogens (tertiary/aromatic N) is 7. The lowest BCUT2D eigenvalue weighted by Gasteiger charge is -2.27. The average Bonchev–Trinajstić information content (AvgIpc) is 3.29.